The summed E-state index contributed by atoms with van der Waals surface area (Å²) in [6.07, 6.45) is 2.36. The molecule has 0 spiro atoms. The molecular formula is C12H21N4O2S+. The minimum Gasteiger partial charge on any atom is -0.494 e. The fraction of sp³-hybridized carbons (Fsp3) is 0.583. The summed E-state index contributed by atoms with van der Waals surface area (Å²) in [5, 5.41) is 9.92. The van der Waals surface area contributed by atoms with Crippen LogP contribution < -0.4 is 10.5 Å². The fourth-order valence-corrected chi connectivity index (χ4v) is 1.82. The molecule has 1 heterocycles. The second-order valence-corrected chi connectivity index (χ2v) is 5.15. The largest absolute Gasteiger partial charge is 0.494 e. The average molecular weight is 285 g/mol. The van der Waals surface area contributed by atoms with Gasteiger partial charge in [-0.1, -0.05) is 0 Å². The summed E-state index contributed by atoms with van der Waals surface area (Å²) < 4.78 is 2.98. The molecule has 0 amide bonds. The lowest BCUT2D eigenvalue weighted by molar-refractivity contribution is -0.858. The first-order valence-electron chi connectivity index (χ1n) is 6.14. The van der Waals surface area contributed by atoms with Crippen molar-refractivity contribution in [3.8, 4) is 5.88 Å². The summed E-state index contributed by atoms with van der Waals surface area (Å²) in [7, 11) is 7.35. The highest BCUT2D eigenvalue weighted by atomic mass is 32.1. The van der Waals surface area contributed by atoms with Gasteiger partial charge in [-0.25, -0.2) is 0 Å². The van der Waals surface area contributed by atoms with Crippen LogP contribution in [-0.4, -0.2) is 47.6 Å². The quantitative estimate of drug-likeness (QED) is 0.419. The van der Waals surface area contributed by atoms with Crippen LogP contribution in [0.3, 0.4) is 0 Å². The van der Waals surface area contributed by atoms with Crippen LogP contribution in [-0.2, 0) is 14.1 Å². The third kappa shape index (κ3) is 3.74. The second-order valence-electron chi connectivity index (χ2n) is 4.79. The van der Waals surface area contributed by atoms with Crippen LogP contribution in [0, 0.1) is 4.77 Å². The molecule has 106 valence electrons. The van der Waals surface area contributed by atoms with E-state index in [2.05, 4.69) is 19.1 Å². The molecule has 0 aromatic carbocycles. The molecule has 0 radical (unpaired) electrons. The van der Waals surface area contributed by atoms with Crippen LogP contribution in [0.5, 0.6) is 5.88 Å². The molecule has 0 aliphatic rings. The molecule has 6 nitrogen and oxygen atoms in total. The van der Waals surface area contributed by atoms with Crippen LogP contribution in [0.15, 0.2) is 9.79 Å². The summed E-state index contributed by atoms with van der Waals surface area (Å²) >= 11 is 5.03. The SMILES string of the molecule is Cn1c(O)c(C=NCCC[NH+](C)C)c(=O)n(C)c1=S. The Balaban J connectivity index is 2.94. The van der Waals surface area contributed by atoms with Crippen molar-refractivity contribution in [2.45, 2.75) is 6.42 Å². The van der Waals surface area contributed by atoms with Gasteiger partial charge in [-0.3, -0.25) is 18.9 Å². The van der Waals surface area contributed by atoms with Crippen LogP contribution in [0.2, 0.25) is 0 Å². The van der Waals surface area contributed by atoms with Crippen molar-refractivity contribution in [2.75, 3.05) is 27.2 Å². The van der Waals surface area contributed by atoms with Crippen molar-refractivity contribution >= 4 is 18.4 Å². The van der Waals surface area contributed by atoms with E-state index in [1.54, 1.807) is 14.1 Å². The van der Waals surface area contributed by atoms with Gasteiger partial charge >= 0.3 is 0 Å². The van der Waals surface area contributed by atoms with Crippen LogP contribution >= 0.6 is 12.2 Å². The van der Waals surface area contributed by atoms with Gasteiger partial charge in [0.1, 0.15) is 5.56 Å². The lowest BCUT2D eigenvalue weighted by atomic mass is 10.3. The van der Waals surface area contributed by atoms with Gasteiger partial charge < -0.3 is 10.0 Å². The van der Waals surface area contributed by atoms with Crippen molar-refractivity contribution in [1.29, 1.82) is 0 Å². The summed E-state index contributed by atoms with van der Waals surface area (Å²) in [6, 6.07) is 0. The first-order chi connectivity index (χ1) is 8.86. The van der Waals surface area contributed by atoms with Crippen molar-refractivity contribution in [2.24, 2.45) is 19.1 Å². The number of aromatic nitrogens is 2. The van der Waals surface area contributed by atoms with Crippen LogP contribution in [0.1, 0.15) is 12.0 Å². The first kappa shape index (κ1) is 15.6. The summed E-state index contributed by atoms with van der Waals surface area (Å²) in [6.45, 7) is 1.65. The molecule has 2 N–H and O–H groups in total. The van der Waals surface area contributed by atoms with Gasteiger partial charge in [-0.05, 0) is 12.2 Å². The molecule has 0 unspecified atom stereocenters. The van der Waals surface area contributed by atoms with Gasteiger partial charge in [-0.2, -0.15) is 0 Å². The van der Waals surface area contributed by atoms with Crippen molar-refractivity contribution in [1.82, 2.24) is 9.13 Å². The normalized spacial score (nSPS) is 11.6. The number of aliphatic imine (C=N–C) groups is 1. The number of nitrogens with one attached hydrogen (secondary N) is 1. The zero-order chi connectivity index (χ0) is 14.6. The Morgan fingerprint density at radius 2 is 2.00 bits per heavy atom. The maximum Gasteiger partial charge on any atom is 0.266 e. The van der Waals surface area contributed by atoms with E-state index in [1.165, 1.54) is 20.2 Å². The summed E-state index contributed by atoms with van der Waals surface area (Å²) in [5.41, 5.74) is -0.154. The molecular weight excluding hydrogens is 264 g/mol. The van der Waals surface area contributed by atoms with Gasteiger partial charge in [0, 0.05) is 33.3 Å². The van der Waals surface area contributed by atoms with Crippen molar-refractivity contribution < 1.29 is 10.0 Å². The van der Waals surface area contributed by atoms with Gasteiger partial charge in [0.25, 0.3) is 5.56 Å². The van der Waals surface area contributed by atoms with E-state index in [4.69, 9.17) is 12.2 Å². The third-order valence-electron chi connectivity index (χ3n) is 2.85. The number of quaternary nitrogens is 1. The Morgan fingerprint density at radius 3 is 2.58 bits per heavy atom. The van der Waals surface area contributed by atoms with Gasteiger partial charge in [-0.15, -0.1) is 0 Å². The van der Waals surface area contributed by atoms with Crippen LogP contribution in [0.25, 0.3) is 0 Å². The highest BCUT2D eigenvalue weighted by Gasteiger charge is 2.10. The van der Waals surface area contributed by atoms with E-state index in [9.17, 15) is 9.90 Å². The molecule has 1 rings (SSSR count). The summed E-state index contributed by atoms with van der Waals surface area (Å²) in [5.74, 6) is -0.143. The van der Waals surface area contributed by atoms with Gasteiger partial charge in [0.05, 0.1) is 20.6 Å². The predicted octanol–water partition coefficient (Wildman–Crippen LogP) is -0.888. The minimum atomic E-state index is -0.331. The van der Waals surface area contributed by atoms with E-state index in [0.29, 0.717) is 6.54 Å². The molecule has 0 atom stereocenters. The number of nitrogens with zero attached hydrogens (tertiary/aromatic N) is 3. The smallest absolute Gasteiger partial charge is 0.266 e. The molecule has 1 aromatic rings. The van der Waals surface area contributed by atoms with Crippen molar-refractivity contribution in [3.63, 3.8) is 0 Å². The molecule has 0 saturated carbocycles. The number of rotatable bonds is 5. The van der Waals surface area contributed by atoms with E-state index < -0.39 is 0 Å². The molecule has 0 fully saturated rings. The molecule has 1 aromatic heterocycles. The molecule has 0 aliphatic heterocycles. The van der Waals surface area contributed by atoms with Gasteiger partial charge in [0.15, 0.2) is 4.77 Å². The standard InChI is InChI=1S/C12H20N4O2S/c1-14(2)7-5-6-13-8-9-10(17)15(3)12(19)16(4)11(9)18/h8,17H,5-7H2,1-4H3/p+1. The lowest BCUT2D eigenvalue weighted by Crippen LogP contribution is -3.05. The number of aromatic hydroxyl groups is 1. The molecule has 0 saturated heterocycles. The zero-order valence-corrected chi connectivity index (χ0v) is 12.6. The van der Waals surface area contributed by atoms with Crippen molar-refractivity contribution in [3.05, 3.63) is 20.7 Å². The van der Waals surface area contributed by atoms with Crippen LogP contribution in [0.4, 0.5) is 0 Å². The van der Waals surface area contributed by atoms with E-state index in [1.807, 2.05) is 0 Å². The minimum absolute atomic E-state index is 0.143. The Labute approximate surface area is 117 Å². The number of hydrogen-bond acceptors (Lipinski definition) is 4. The van der Waals surface area contributed by atoms with Gasteiger partial charge in [0.2, 0.25) is 5.88 Å². The Hall–Kier alpha value is -1.47. The molecule has 0 aliphatic carbocycles. The highest BCUT2D eigenvalue weighted by Crippen LogP contribution is 2.09. The van der Waals surface area contributed by atoms with E-state index in [-0.39, 0.29) is 21.8 Å². The summed E-state index contributed by atoms with van der Waals surface area (Å²) in [4.78, 5) is 17.5. The van der Waals surface area contributed by atoms with E-state index in [0.717, 1.165) is 13.0 Å². The molecule has 0 bridgehead atoms. The Morgan fingerprint density at radius 1 is 1.37 bits per heavy atom. The highest BCUT2D eigenvalue weighted by molar-refractivity contribution is 7.71. The maximum atomic E-state index is 12.0. The third-order valence-corrected chi connectivity index (χ3v) is 3.40. The molecule has 19 heavy (non-hydrogen) atoms. The second kappa shape index (κ2) is 6.63. The topological polar surface area (TPSA) is 64.0 Å². The zero-order valence-electron chi connectivity index (χ0n) is 11.8. The lowest BCUT2D eigenvalue weighted by Gasteiger charge is -2.09. The fourth-order valence-electron chi connectivity index (χ4n) is 1.65. The average Bonchev–Trinajstić information content (AvgIpc) is 2.37. The van der Waals surface area contributed by atoms with E-state index >= 15 is 0 Å². The monoisotopic (exact) mass is 285 g/mol. The predicted molar refractivity (Wildman–Crippen MR) is 77.9 cm³/mol. The Kier molecular flexibility index (Phi) is 5.44. The maximum absolute atomic E-state index is 12.0. The Bertz CT molecular complexity index is 587. The first-order valence-corrected chi connectivity index (χ1v) is 6.55. The molecule has 7 heteroatoms. The number of hydrogen-bond donors (Lipinski definition) is 2.